The summed E-state index contributed by atoms with van der Waals surface area (Å²) in [7, 11) is 0. The fraction of sp³-hybridized carbons (Fsp3) is 0.435. The summed E-state index contributed by atoms with van der Waals surface area (Å²) in [6, 6.07) is 14.0. The van der Waals surface area contributed by atoms with E-state index in [0.717, 1.165) is 41.5 Å². The summed E-state index contributed by atoms with van der Waals surface area (Å²) < 4.78 is 0. The van der Waals surface area contributed by atoms with Crippen molar-refractivity contribution >= 4 is 48.0 Å². The molecule has 0 aromatic heterocycles. The first-order chi connectivity index (χ1) is 13.5. The number of anilines is 1. The maximum absolute atomic E-state index is 12.8. The molecular formula is C23H32Cl3N3O. The topological polar surface area (TPSA) is 35.6 Å². The molecule has 1 heterocycles. The second-order valence-corrected chi connectivity index (χ2v) is 8.14. The number of hydrogen-bond acceptors (Lipinski definition) is 3. The van der Waals surface area contributed by atoms with Crippen molar-refractivity contribution in [3.8, 4) is 0 Å². The largest absolute Gasteiger partial charge is 0.324 e. The van der Waals surface area contributed by atoms with E-state index >= 15 is 0 Å². The van der Waals surface area contributed by atoms with Crippen molar-refractivity contribution in [1.82, 2.24) is 9.80 Å². The van der Waals surface area contributed by atoms with Crippen LogP contribution in [0.3, 0.4) is 0 Å². The van der Waals surface area contributed by atoms with E-state index in [4.69, 9.17) is 11.6 Å². The summed E-state index contributed by atoms with van der Waals surface area (Å²) in [5.74, 6) is 0.0350. The molecule has 30 heavy (non-hydrogen) atoms. The van der Waals surface area contributed by atoms with Crippen molar-refractivity contribution in [3.63, 3.8) is 0 Å². The number of para-hydroxylation sites is 1. The third-order valence-electron chi connectivity index (χ3n) is 5.36. The van der Waals surface area contributed by atoms with Crippen LogP contribution in [0.1, 0.15) is 29.5 Å². The van der Waals surface area contributed by atoms with Gasteiger partial charge < -0.3 is 10.2 Å². The highest BCUT2D eigenvalue weighted by Crippen LogP contribution is 2.19. The molecule has 166 valence electrons. The van der Waals surface area contributed by atoms with Gasteiger partial charge in [0.25, 0.3) is 0 Å². The van der Waals surface area contributed by atoms with Crippen LogP contribution in [-0.2, 0) is 11.3 Å². The number of nitrogens with one attached hydrogen (secondary N) is 1. The Morgan fingerprint density at radius 1 is 1.03 bits per heavy atom. The third kappa shape index (κ3) is 8.09. The number of likely N-dealkylation sites (tertiary alicyclic amines) is 1. The van der Waals surface area contributed by atoms with Crippen LogP contribution in [0, 0.1) is 13.8 Å². The van der Waals surface area contributed by atoms with Crippen molar-refractivity contribution in [3.05, 3.63) is 64.2 Å². The van der Waals surface area contributed by atoms with Gasteiger partial charge in [-0.3, -0.25) is 9.69 Å². The number of hydrogen-bond donors (Lipinski definition) is 1. The minimum atomic E-state index is 0. The molecular weight excluding hydrogens is 441 g/mol. The minimum Gasteiger partial charge on any atom is -0.324 e. The quantitative estimate of drug-likeness (QED) is 0.563. The zero-order valence-corrected chi connectivity index (χ0v) is 20.1. The maximum Gasteiger partial charge on any atom is 0.238 e. The van der Waals surface area contributed by atoms with Crippen LogP contribution in [-0.4, -0.2) is 48.4 Å². The first-order valence-corrected chi connectivity index (χ1v) is 10.4. The van der Waals surface area contributed by atoms with E-state index in [1.807, 2.05) is 56.3 Å². The fourth-order valence-corrected chi connectivity index (χ4v) is 3.87. The zero-order valence-electron chi connectivity index (χ0n) is 17.7. The van der Waals surface area contributed by atoms with Gasteiger partial charge in [0, 0.05) is 30.3 Å². The van der Waals surface area contributed by atoms with Gasteiger partial charge in [0.05, 0.1) is 6.54 Å². The molecule has 2 aromatic rings. The van der Waals surface area contributed by atoms with Crippen LogP contribution in [0.4, 0.5) is 5.69 Å². The molecule has 0 saturated carbocycles. The number of benzene rings is 2. The van der Waals surface area contributed by atoms with Crippen LogP contribution in [0.25, 0.3) is 0 Å². The van der Waals surface area contributed by atoms with Gasteiger partial charge in [-0.15, -0.1) is 24.8 Å². The van der Waals surface area contributed by atoms with Crippen LogP contribution >= 0.6 is 36.4 Å². The Morgan fingerprint density at radius 3 is 2.23 bits per heavy atom. The predicted molar refractivity (Wildman–Crippen MR) is 131 cm³/mol. The molecule has 0 spiro atoms. The predicted octanol–water partition coefficient (Wildman–Crippen LogP) is 5.34. The molecule has 1 saturated heterocycles. The Morgan fingerprint density at radius 2 is 1.63 bits per heavy atom. The van der Waals surface area contributed by atoms with Gasteiger partial charge in [0.15, 0.2) is 0 Å². The highest BCUT2D eigenvalue weighted by atomic mass is 35.5. The first kappa shape index (κ1) is 26.7. The normalized spacial score (nSPS) is 13.6. The van der Waals surface area contributed by atoms with Crippen molar-refractivity contribution in [1.29, 1.82) is 0 Å². The molecule has 0 unspecified atom stereocenters. The van der Waals surface area contributed by atoms with E-state index in [-0.39, 0.29) is 30.7 Å². The summed E-state index contributed by atoms with van der Waals surface area (Å²) in [5.41, 5.74) is 4.29. The molecule has 1 amide bonds. The molecule has 0 aliphatic carbocycles. The van der Waals surface area contributed by atoms with Gasteiger partial charge in [0.2, 0.25) is 5.91 Å². The van der Waals surface area contributed by atoms with Crippen LogP contribution in [0.2, 0.25) is 5.02 Å². The Bertz CT molecular complexity index is 773. The van der Waals surface area contributed by atoms with E-state index < -0.39 is 0 Å². The SMILES string of the molecule is Cc1cccc(C)c1NC(=O)CN(CCN1CCCC1)Cc1ccc(Cl)cc1.Cl.Cl. The average molecular weight is 473 g/mol. The van der Waals surface area contributed by atoms with Gasteiger partial charge >= 0.3 is 0 Å². The summed E-state index contributed by atoms with van der Waals surface area (Å²) in [6.45, 7) is 9.40. The lowest BCUT2D eigenvalue weighted by Crippen LogP contribution is -2.38. The Labute approximate surface area is 197 Å². The minimum absolute atomic E-state index is 0. The molecule has 1 aliphatic heterocycles. The van der Waals surface area contributed by atoms with Crippen molar-refractivity contribution < 1.29 is 4.79 Å². The fourth-order valence-electron chi connectivity index (χ4n) is 3.74. The van der Waals surface area contributed by atoms with Gasteiger partial charge in [-0.1, -0.05) is 41.9 Å². The second-order valence-electron chi connectivity index (χ2n) is 7.70. The number of carbonyl (C=O) groups excluding carboxylic acids is 1. The highest BCUT2D eigenvalue weighted by Gasteiger charge is 2.17. The lowest BCUT2D eigenvalue weighted by atomic mass is 10.1. The number of rotatable bonds is 8. The smallest absolute Gasteiger partial charge is 0.238 e. The van der Waals surface area contributed by atoms with E-state index in [1.54, 1.807) is 0 Å². The lowest BCUT2D eigenvalue weighted by molar-refractivity contribution is -0.117. The Kier molecular flexibility index (Phi) is 11.7. The standard InChI is InChI=1S/C23H30ClN3O.2ClH/c1-18-6-5-7-19(2)23(18)25-22(28)17-27(15-14-26-12-3-4-13-26)16-20-8-10-21(24)11-9-20;;/h5-11H,3-4,12-17H2,1-2H3,(H,25,28);2*1H. The molecule has 4 nitrogen and oxygen atoms in total. The molecule has 0 atom stereocenters. The van der Waals surface area contributed by atoms with Crippen molar-refractivity contribution in [2.45, 2.75) is 33.2 Å². The van der Waals surface area contributed by atoms with Gasteiger partial charge in [-0.05, 0) is 68.6 Å². The molecule has 2 aromatic carbocycles. The second kappa shape index (κ2) is 13.2. The van der Waals surface area contributed by atoms with E-state index in [9.17, 15) is 4.79 Å². The van der Waals surface area contributed by atoms with Crippen LogP contribution in [0.5, 0.6) is 0 Å². The molecule has 1 fully saturated rings. The first-order valence-electron chi connectivity index (χ1n) is 10.1. The molecule has 1 N–H and O–H groups in total. The Balaban J connectivity index is 0.00000225. The number of aryl methyl sites for hydroxylation is 2. The zero-order chi connectivity index (χ0) is 19.9. The number of amides is 1. The van der Waals surface area contributed by atoms with Gasteiger partial charge in [-0.25, -0.2) is 0 Å². The third-order valence-corrected chi connectivity index (χ3v) is 5.62. The average Bonchev–Trinajstić information content (AvgIpc) is 3.18. The number of nitrogens with zero attached hydrogens (tertiary/aromatic N) is 2. The van der Waals surface area contributed by atoms with Crippen LogP contribution in [0.15, 0.2) is 42.5 Å². The lowest BCUT2D eigenvalue weighted by Gasteiger charge is -2.25. The Hall–Kier alpha value is -1.30. The monoisotopic (exact) mass is 471 g/mol. The van der Waals surface area contributed by atoms with Crippen LogP contribution < -0.4 is 5.32 Å². The molecule has 7 heteroatoms. The van der Waals surface area contributed by atoms with Gasteiger partial charge in [-0.2, -0.15) is 0 Å². The van der Waals surface area contributed by atoms with Crippen molar-refractivity contribution in [2.75, 3.05) is 38.0 Å². The molecule has 3 rings (SSSR count). The summed E-state index contributed by atoms with van der Waals surface area (Å²) in [6.07, 6.45) is 2.56. The maximum atomic E-state index is 12.8. The number of halogens is 3. The summed E-state index contributed by atoms with van der Waals surface area (Å²) in [4.78, 5) is 17.5. The van der Waals surface area contributed by atoms with E-state index in [0.29, 0.717) is 6.54 Å². The molecule has 1 aliphatic rings. The van der Waals surface area contributed by atoms with E-state index in [2.05, 4.69) is 15.1 Å². The summed E-state index contributed by atoms with van der Waals surface area (Å²) in [5, 5.41) is 3.85. The molecule has 0 radical (unpaired) electrons. The van der Waals surface area contributed by atoms with E-state index in [1.165, 1.54) is 31.5 Å². The van der Waals surface area contributed by atoms with Crippen molar-refractivity contribution in [2.24, 2.45) is 0 Å². The number of carbonyl (C=O) groups is 1. The molecule has 0 bridgehead atoms. The summed E-state index contributed by atoms with van der Waals surface area (Å²) >= 11 is 6.02. The highest BCUT2D eigenvalue weighted by molar-refractivity contribution is 6.30. The van der Waals surface area contributed by atoms with Gasteiger partial charge in [0.1, 0.15) is 0 Å².